The number of sulfonamides is 1. The first-order valence-electron chi connectivity index (χ1n) is 6.44. The molecule has 1 saturated carbocycles. The van der Waals surface area contributed by atoms with Crippen LogP contribution < -0.4 is 0 Å². The van der Waals surface area contributed by atoms with Gasteiger partial charge < -0.3 is 10.2 Å². The van der Waals surface area contributed by atoms with Gasteiger partial charge in [0.25, 0.3) is 0 Å². The highest BCUT2D eigenvalue weighted by molar-refractivity contribution is 7.89. The maximum atomic E-state index is 12.9. The summed E-state index contributed by atoms with van der Waals surface area (Å²) in [6, 6.07) is 3.85. The van der Waals surface area contributed by atoms with Crippen LogP contribution in [0.3, 0.4) is 0 Å². The van der Waals surface area contributed by atoms with Gasteiger partial charge in [-0.3, -0.25) is 0 Å². The highest BCUT2D eigenvalue weighted by Crippen LogP contribution is 2.27. The first-order valence-corrected chi connectivity index (χ1v) is 7.88. The maximum Gasteiger partial charge on any atom is 0.243 e. The molecule has 1 aliphatic carbocycles. The number of halogens is 1. The fourth-order valence-corrected chi connectivity index (χ4v) is 3.88. The summed E-state index contributed by atoms with van der Waals surface area (Å²) in [4.78, 5) is -0.0336. The molecular weight excluding hydrogens is 285 g/mol. The fourth-order valence-electron chi connectivity index (χ4n) is 2.48. The standard InChI is InChI=1S/C13H18FNO4S/c1-15(11-3-2-4-12(16)13(11)17)20(18,19)10-7-5-9(14)6-8-10/h5-8,11-13,16-17H,2-4H2,1H3/t11-,12-,13-/m1/s1. The van der Waals surface area contributed by atoms with Crippen molar-refractivity contribution in [1.82, 2.24) is 4.31 Å². The van der Waals surface area contributed by atoms with Gasteiger partial charge in [0.15, 0.2) is 0 Å². The molecule has 0 spiro atoms. The van der Waals surface area contributed by atoms with Gasteiger partial charge in [0.05, 0.1) is 23.1 Å². The van der Waals surface area contributed by atoms with Gasteiger partial charge in [-0.25, -0.2) is 12.8 Å². The number of aliphatic hydroxyl groups excluding tert-OH is 2. The van der Waals surface area contributed by atoms with Crippen molar-refractivity contribution in [2.75, 3.05) is 7.05 Å². The molecule has 5 nitrogen and oxygen atoms in total. The van der Waals surface area contributed by atoms with Crippen LogP contribution in [0.1, 0.15) is 19.3 Å². The van der Waals surface area contributed by atoms with Gasteiger partial charge in [0, 0.05) is 7.05 Å². The first-order chi connectivity index (χ1) is 9.34. The average molecular weight is 303 g/mol. The van der Waals surface area contributed by atoms with Crippen molar-refractivity contribution < 1.29 is 23.0 Å². The molecule has 2 rings (SSSR count). The first kappa shape index (κ1) is 15.4. The molecule has 0 aliphatic heterocycles. The van der Waals surface area contributed by atoms with Crippen LogP contribution in [0, 0.1) is 5.82 Å². The number of likely N-dealkylation sites (N-methyl/N-ethyl adjacent to an activating group) is 1. The van der Waals surface area contributed by atoms with Gasteiger partial charge in [-0.2, -0.15) is 4.31 Å². The molecule has 0 bridgehead atoms. The molecule has 112 valence electrons. The largest absolute Gasteiger partial charge is 0.390 e. The minimum absolute atomic E-state index is 0.0336. The Kier molecular flexibility index (Phi) is 4.43. The Balaban J connectivity index is 2.26. The van der Waals surface area contributed by atoms with E-state index in [2.05, 4.69) is 0 Å². The minimum Gasteiger partial charge on any atom is -0.390 e. The van der Waals surface area contributed by atoms with Gasteiger partial charge >= 0.3 is 0 Å². The van der Waals surface area contributed by atoms with Crippen molar-refractivity contribution in [3.63, 3.8) is 0 Å². The van der Waals surface area contributed by atoms with Crippen molar-refractivity contribution in [3.05, 3.63) is 30.1 Å². The highest BCUT2D eigenvalue weighted by Gasteiger charge is 2.38. The van der Waals surface area contributed by atoms with E-state index in [1.165, 1.54) is 19.2 Å². The molecule has 1 aromatic carbocycles. The minimum atomic E-state index is -3.82. The van der Waals surface area contributed by atoms with Gasteiger partial charge in [-0.15, -0.1) is 0 Å². The van der Waals surface area contributed by atoms with Crippen LogP contribution in [-0.2, 0) is 10.0 Å². The van der Waals surface area contributed by atoms with Crippen molar-refractivity contribution in [2.24, 2.45) is 0 Å². The second-order valence-electron chi connectivity index (χ2n) is 5.03. The highest BCUT2D eigenvalue weighted by atomic mass is 32.2. The number of aliphatic hydroxyl groups is 2. The molecular formula is C13H18FNO4S. The number of hydrogen-bond acceptors (Lipinski definition) is 4. The number of hydrogen-bond donors (Lipinski definition) is 2. The molecule has 3 atom stereocenters. The zero-order valence-corrected chi connectivity index (χ0v) is 11.9. The molecule has 0 saturated heterocycles. The molecule has 7 heteroatoms. The van der Waals surface area contributed by atoms with Gasteiger partial charge in [0.2, 0.25) is 10.0 Å². The quantitative estimate of drug-likeness (QED) is 0.862. The zero-order chi connectivity index (χ0) is 14.9. The SMILES string of the molecule is CN([C@@H]1CCC[C@@H](O)[C@@H]1O)S(=O)(=O)c1ccc(F)cc1. The van der Waals surface area contributed by atoms with E-state index in [1.54, 1.807) is 0 Å². The smallest absolute Gasteiger partial charge is 0.243 e. The van der Waals surface area contributed by atoms with Gasteiger partial charge in [-0.1, -0.05) is 0 Å². The van der Waals surface area contributed by atoms with Crippen molar-refractivity contribution in [3.8, 4) is 0 Å². The second kappa shape index (κ2) is 5.77. The topological polar surface area (TPSA) is 77.8 Å². The molecule has 0 amide bonds. The normalized spacial score (nSPS) is 27.8. The maximum absolute atomic E-state index is 12.9. The van der Waals surface area contributed by atoms with Crippen LogP contribution in [0.4, 0.5) is 4.39 Å². The molecule has 2 N–H and O–H groups in total. The Morgan fingerprint density at radius 2 is 1.80 bits per heavy atom. The van der Waals surface area contributed by atoms with E-state index >= 15 is 0 Å². The number of rotatable bonds is 3. The lowest BCUT2D eigenvalue weighted by Gasteiger charge is -2.37. The van der Waals surface area contributed by atoms with E-state index in [0.29, 0.717) is 19.3 Å². The summed E-state index contributed by atoms with van der Waals surface area (Å²) >= 11 is 0. The Morgan fingerprint density at radius 3 is 2.40 bits per heavy atom. The molecule has 0 radical (unpaired) electrons. The van der Waals surface area contributed by atoms with E-state index in [0.717, 1.165) is 16.4 Å². The summed E-state index contributed by atoms with van der Waals surface area (Å²) in [5.74, 6) is -0.514. The molecule has 1 fully saturated rings. The molecule has 0 aromatic heterocycles. The summed E-state index contributed by atoms with van der Waals surface area (Å²) in [5.41, 5.74) is 0. The molecule has 20 heavy (non-hydrogen) atoms. The van der Waals surface area contributed by atoms with E-state index in [9.17, 15) is 23.0 Å². The lowest BCUT2D eigenvalue weighted by molar-refractivity contribution is -0.0433. The van der Waals surface area contributed by atoms with Gasteiger partial charge in [-0.05, 0) is 43.5 Å². The Morgan fingerprint density at radius 1 is 1.20 bits per heavy atom. The summed E-state index contributed by atoms with van der Waals surface area (Å²) in [6.45, 7) is 0. The molecule has 1 aromatic rings. The summed E-state index contributed by atoms with van der Waals surface area (Å²) in [7, 11) is -2.45. The fraction of sp³-hybridized carbons (Fsp3) is 0.538. The van der Waals surface area contributed by atoms with Crippen LogP contribution >= 0.6 is 0 Å². The predicted molar refractivity (Wildman–Crippen MR) is 71.0 cm³/mol. The summed E-state index contributed by atoms with van der Waals surface area (Å²) < 4.78 is 38.7. The van der Waals surface area contributed by atoms with Crippen molar-refractivity contribution in [2.45, 2.75) is 42.4 Å². The Bertz CT molecular complexity index is 560. The Labute approximate surface area is 117 Å². The average Bonchev–Trinajstić information content (AvgIpc) is 2.41. The summed E-state index contributed by atoms with van der Waals surface area (Å²) in [5, 5.41) is 19.6. The number of nitrogens with zero attached hydrogens (tertiary/aromatic N) is 1. The molecule has 1 aliphatic rings. The molecule has 0 unspecified atom stereocenters. The van der Waals surface area contributed by atoms with Gasteiger partial charge in [0.1, 0.15) is 5.82 Å². The van der Waals surface area contributed by atoms with Crippen molar-refractivity contribution >= 4 is 10.0 Å². The lowest BCUT2D eigenvalue weighted by atomic mass is 9.90. The third-order valence-electron chi connectivity index (χ3n) is 3.75. The third kappa shape index (κ3) is 2.85. The van der Waals surface area contributed by atoms with Crippen molar-refractivity contribution in [1.29, 1.82) is 0 Å². The van der Waals surface area contributed by atoms with E-state index in [4.69, 9.17) is 0 Å². The van der Waals surface area contributed by atoms with Crippen LogP contribution in [0.2, 0.25) is 0 Å². The zero-order valence-electron chi connectivity index (χ0n) is 11.1. The predicted octanol–water partition coefficient (Wildman–Crippen LogP) is 0.721. The molecule has 0 heterocycles. The second-order valence-corrected chi connectivity index (χ2v) is 7.03. The number of benzene rings is 1. The van der Waals surface area contributed by atoms with Crippen LogP contribution in [0.15, 0.2) is 29.2 Å². The van der Waals surface area contributed by atoms with E-state index < -0.39 is 34.1 Å². The van der Waals surface area contributed by atoms with E-state index in [-0.39, 0.29) is 4.90 Å². The monoisotopic (exact) mass is 303 g/mol. The van der Waals surface area contributed by atoms with Crippen LogP contribution in [0.25, 0.3) is 0 Å². The lowest BCUT2D eigenvalue weighted by Crippen LogP contribution is -2.51. The Hall–Kier alpha value is -1.02. The third-order valence-corrected chi connectivity index (χ3v) is 5.64. The van der Waals surface area contributed by atoms with Crippen LogP contribution in [0.5, 0.6) is 0 Å². The van der Waals surface area contributed by atoms with E-state index in [1.807, 2.05) is 0 Å². The van der Waals surface area contributed by atoms with Crippen LogP contribution in [-0.4, -0.2) is 48.2 Å². The summed E-state index contributed by atoms with van der Waals surface area (Å²) in [6.07, 6.45) is -0.438.